The fraction of sp³-hybridized carbons (Fsp3) is 0.529. The van der Waals surface area contributed by atoms with Crippen LogP contribution in [0, 0.1) is 11.7 Å². The average Bonchev–Trinajstić information content (AvgIpc) is 3.17. The minimum atomic E-state index is -0.464. The molecule has 2 amide bonds. The topological polar surface area (TPSA) is 67.9 Å². The van der Waals surface area contributed by atoms with Crippen molar-refractivity contribution < 1.29 is 23.5 Å². The number of anilines is 1. The van der Waals surface area contributed by atoms with E-state index in [1.807, 2.05) is 0 Å². The first-order valence-electron chi connectivity index (χ1n) is 8.11. The van der Waals surface area contributed by atoms with Gasteiger partial charge in [-0.3, -0.25) is 9.59 Å². The van der Waals surface area contributed by atoms with E-state index in [-0.39, 0.29) is 30.0 Å². The van der Waals surface area contributed by atoms with Crippen molar-refractivity contribution in [3.8, 4) is 5.75 Å². The lowest BCUT2D eigenvalue weighted by Crippen LogP contribution is -2.26. The molecule has 2 atom stereocenters. The highest BCUT2D eigenvalue weighted by atomic mass is 19.1. The maximum atomic E-state index is 13.5. The first-order valence-corrected chi connectivity index (χ1v) is 8.11. The Morgan fingerprint density at radius 1 is 1.50 bits per heavy atom. The summed E-state index contributed by atoms with van der Waals surface area (Å²) in [5.41, 5.74) is 0.278. The molecule has 0 aliphatic carbocycles. The van der Waals surface area contributed by atoms with Gasteiger partial charge in [-0.25, -0.2) is 4.39 Å². The van der Waals surface area contributed by atoms with Crippen molar-refractivity contribution in [1.29, 1.82) is 0 Å². The van der Waals surface area contributed by atoms with Crippen molar-refractivity contribution in [2.24, 2.45) is 5.92 Å². The molecular weight excluding hydrogens is 315 g/mol. The molecule has 2 aliphatic heterocycles. The normalized spacial score (nSPS) is 23.6. The van der Waals surface area contributed by atoms with E-state index in [0.717, 1.165) is 19.4 Å². The summed E-state index contributed by atoms with van der Waals surface area (Å²) in [4.78, 5) is 25.4. The number of carbonyl (C=O) groups excluding carboxylic acids is 2. The second-order valence-electron chi connectivity index (χ2n) is 6.25. The van der Waals surface area contributed by atoms with Crippen molar-refractivity contribution in [2.75, 3.05) is 32.1 Å². The predicted molar refractivity (Wildman–Crippen MR) is 85.2 cm³/mol. The van der Waals surface area contributed by atoms with Crippen LogP contribution in [0.2, 0.25) is 0 Å². The standard InChI is InChI=1S/C17H21FN2O4/c1-20-9-11(7-16(20)21)17(22)19-14-8-12(18)4-5-15(14)24-10-13-3-2-6-23-13/h4-5,8,11,13H,2-3,6-7,9-10H2,1H3,(H,19,22)/t11-,13-/m1/s1. The molecule has 2 fully saturated rings. The van der Waals surface area contributed by atoms with Gasteiger partial charge in [0.2, 0.25) is 11.8 Å². The minimum Gasteiger partial charge on any atom is -0.489 e. The van der Waals surface area contributed by atoms with Crippen LogP contribution in [0.3, 0.4) is 0 Å². The number of rotatable bonds is 5. The molecule has 0 radical (unpaired) electrons. The van der Waals surface area contributed by atoms with Gasteiger partial charge in [0.25, 0.3) is 0 Å². The van der Waals surface area contributed by atoms with E-state index >= 15 is 0 Å². The Hall–Kier alpha value is -2.15. The third-order valence-corrected chi connectivity index (χ3v) is 4.36. The van der Waals surface area contributed by atoms with Gasteiger partial charge in [-0.1, -0.05) is 0 Å². The number of hydrogen-bond donors (Lipinski definition) is 1. The van der Waals surface area contributed by atoms with Gasteiger partial charge in [-0.15, -0.1) is 0 Å². The van der Waals surface area contributed by atoms with Crippen molar-refractivity contribution in [3.05, 3.63) is 24.0 Å². The third-order valence-electron chi connectivity index (χ3n) is 4.36. The number of benzene rings is 1. The molecule has 7 heteroatoms. The minimum absolute atomic E-state index is 0.0275. The second-order valence-corrected chi connectivity index (χ2v) is 6.25. The van der Waals surface area contributed by atoms with Gasteiger partial charge in [-0.2, -0.15) is 0 Å². The highest BCUT2D eigenvalue weighted by Crippen LogP contribution is 2.28. The van der Waals surface area contributed by atoms with Gasteiger partial charge in [-0.05, 0) is 25.0 Å². The lowest BCUT2D eigenvalue weighted by Gasteiger charge is -2.16. The number of carbonyl (C=O) groups is 2. The van der Waals surface area contributed by atoms with E-state index < -0.39 is 11.7 Å². The quantitative estimate of drug-likeness (QED) is 0.890. The molecule has 130 valence electrons. The summed E-state index contributed by atoms with van der Waals surface area (Å²) in [6.07, 6.45) is 2.13. The highest BCUT2D eigenvalue weighted by molar-refractivity contribution is 5.98. The molecule has 0 aromatic heterocycles. The molecule has 1 aromatic rings. The lowest BCUT2D eigenvalue weighted by molar-refractivity contribution is -0.127. The molecule has 1 aromatic carbocycles. The van der Waals surface area contributed by atoms with Crippen LogP contribution in [0.4, 0.5) is 10.1 Å². The summed E-state index contributed by atoms with van der Waals surface area (Å²) in [7, 11) is 1.66. The molecule has 0 saturated carbocycles. The smallest absolute Gasteiger partial charge is 0.229 e. The molecule has 24 heavy (non-hydrogen) atoms. The van der Waals surface area contributed by atoms with Crippen LogP contribution in [-0.2, 0) is 14.3 Å². The van der Waals surface area contributed by atoms with Gasteiger partial charge in [0.15, 0.2) is 0 Å². The van der Waals surface area contributed by atoms with Crippen LogP contribution < -0.4 is 10.1 Å². The highest BCUT2D eigenvalue weighted by Gasteiger charge is 2.32. The Labute approximate surface area is 139 Å². The van der Waals surface area contributed by atoms with Crippen molar-refractivity contribution in [3.63, 3.8) is 0 Å². The van der Waals surface area contributed by atoms with Crippen molar-refractivity contribution in [1.82, 2.24) is 4.90 Å². The fourth-order valence-electron chi connectivity index (χ4n) is 2.96. The maximum Gasteiger partial charge on any atom is 0.229 e. The molecule has 2 aliphatic rings. The van der Waals surface area contributed by atoms with Gasteiger partial charge in [0.05, 0.1) is 17.7 Å². The lowest BCUT2D eigenvalue weighted by atomic mass is 10.1. The summed E-state index contributed by atoms with van der Waals surface area (Å²) in [6.45, 7) is 1.45. The SMILES string of the molecule is CN1C[C@H](C(=O)Nc2cc(F)ccc2OC[C@H]2CCCO2)CC1=O. The summed E-state index contributed by atoms with van der Waals surface area (Å²) in [6, 6.07) is 4.00. The van der Waals surface area contributed by atoms with Gasteiger partial charge >= 0.3 is 0 Å². The molecule has 6 nitrogen and oxygen atoms in total. The number of nitrogens with one attached hydrogen (secondary N) is 1. The van der Waals surface area contributed by atoms with Crippen LogP contribution in [0.15, 0.2) is 18.2 Å². The zero-order valence-electron chi connectivity index (χ0n) is 13.6. The molecular formula is C17H21FN2O4. The summed E-state index contributed by atoms with van der Waals surface area (Å²) in [5.74, 6) is -0.867. The van der Waals surface area contributed by atoms with E-state index in [1.165, 1.54) is 23.1 Å². The van der Waals surface area contributed by atoms with Gasteiger partial charge in [0, 0.05) is 32.7 Å². The van der Waals surface area contributed by atoms with Gasteiger partial charge < -0.3 is 19.7 Å². The Kier molecular flexibility index (Phi) is 4.99. The summed E-state index contributed by atoms with van der Waals surface area (Å²) < 4.78 is 24.7. The van der Waals surface area contributed by atoms with Crippen LogP contribution in [0.1, 0.15) is 19.3 Å². The van der Waals surface area contributed by atoms with Crippen LogP contribution in [-0.4, -0.2) is 49.6 Å². The third kappa shape index (κ3) is 3.84. The Balaban J connectivity index is 1.66. The summed E-state index contributed by atoms with van der Waals surface area (Å²) >= 11 is 0. The predicted octanol–water partition coefficient (Wildman–Crippen LogP) is 1.80. The molecule has 3 rings (SSSR count). The zero-order valence-corrected chi connectivity index (χ0v) is 13.6. The second kappa shape index (κ2) is 7.17. The zero-order chi connectivity index (χ0) is 17.1. The fourth-order valence-corrected chi connectivity index (χ4v) is 2.96. The van der Waals surface area contributed by atoms with Gasteiger partial charge in [0.1, 0.15) is 18.2 Å². The van der Waals surface area contributed by atoms with Crippen molar-refractivity contribution >= 4 is 17.5 Å². The van der Waals surface area contributed by atoms with Crippen LogP contribution in [0.5, 0.6) is 5.75 Å². The Morgan fingerprint density at radius 2 is 2.33 bits per heavy atom. The van der Waals surface area contributed by atoms with Crippen LogP contribution in [0.25, 0.3) is 0 Å². The Morgan fingerprint density at radius 3 is 3.00 bits per heavy atom. The van der Waals surface area contributed by atoms with E-state index in [4.69, 9.17) is 9.47 Å². The number of ether oxygens (including phenoxy) is 2. The maximum absolute atomic E-state index is 13.5. The number of nitrogens with zero attached hydrogens (tertiary/aromatic N) is 1. The molecule has 0 spiro atoms. The number of halogens is 1. The average molecular weight is 336 g/mol. The van der Waals surface area contributed by atoms with Crippen molar-refractivity contribution in [2.45, 2.75) is 25.4 Å². The number of hydrogen-bond acceptors (Lipinski definition) is 4. The first-order chi connectivity index (χ1) is 11.5. The largest absolute Gasteiger partial charge is 0.489 e. The van der Waals surface area contributed by atoms with E-state index in [1.54, 1.807) is 7.05 Å². The molecule has 0 bridgehead atoms. The molecule has 0 unspecified atom stereocenters. The monoisotopic (exact) mass is 336 g/mol. The molecule has 2 saturated heterocycles. The Bertz CT molecular complexity index is 631. The number of amides is 2. The first kappa shape index (κ1) is 16.7. The molecule has 1 N–H and O–H groups in total. The molecule has 2 heterocycles. The van der Waals surface area contributed by atoms with E-state index in [9.17, 15) is 14.0 Å². The summed E-state index contributed by atoms with van der Waals surface area (Å²) in [5, 5.41) is 2.69. The van der Waals surface area contributed by atoms with Crippen LogP contribution >= 0.6 is 0 Å². The van der Waals surface area contributed by atoms with E-state index in [0.29, 0.717) is 18.9 Å². The van der Waals surface area contributed by atoms with E-state index in [2.05, 4.69) is 5.32 Å². The number of likely N-dealkylation sites (tertiary alicyclic amines) is 1.